The van der Waals surface area contributed by atoms with E-state index in [1.54, 1.807) is 19.1 Å². The maximum Gasteiger partial charge on any atom is 0.287 e. The number of furan rings is 1. The molecule has 1 unspecified atom stereocenters. The zero-order valence-corrected chi connectivity index (χ0v) is 12.6. The van der Waals surface area contributed by atoms with Gasteiger partial charge in [0.05, 0.1) is 5.38 Å². The summed E-state index contributed by atoms with van der Waals surface area (Å²) in [5.74, 6) is 0.661. The molecule has 0 saturated carbocycles. The summed E-state index contributed by atoms with van der Waals surface area (Å²) in [6, 6.07) is 9.53. The molecule has 1 N–H and O–H groups in total. The van der Waals surface area contributed by atoms with Crippen LogP contribution in [0.1, 0.15) is 45.3 Å². The van der Waals surface area contributed by atoms with Gasteiger partial charge in [0, 0.05) is 6.54 Å². The van der Waals surface area contributed by atoms with Gasteiger partial charge >= 0.3 is 0 Å². The van der Waals surface area contributed by atoms with Gasteiger partial charge in [-0.2, -0.15) is 0 Å². The van der Waals surface area contributed by atoms with E-state index in [2.05, 4.69) is 11.4 Å². The second-order valence-corrected chi connectivity index (χ2v) is 5.59. The summed E-state index contributed by atoms with van der Waals surface area (Å²) in [4.78, 5) is 12.0. The van der Waals surface area contributed by atoms with Gasteiger partial charge < -0.3 is 9.73 Å². The van der Waals surface area contributed by atoms with Crippen molar-refractivity contribution in [2.24, 2.45) is 0 Å². The first kappa shape index (κ1) is 14.7. The molecule has 0 saturated heterocycles. The molecule has 3 nitrogen and oxygen atoms in total. The summed E-state index contributed by atoms with van der Waals surface area (Å²) >= 11 is 5.90. The summed E-state index contributed by atoms with van der Waals surface area (Å²) in [5.41, 5.74) is 3.48. The van der Waals surface area contributed by atoms with E-state index in [0.29, 0.717) is 12.3 Å². The Kier molecular flexibility index (Phi) is 4.50. The van der Waals surface area contributed by atoms with Gasteiger partial charge in [0.25, 0.3) is 5.91 Å². The Hall–Kier alpha value is -1.74. The van der Waals surface area contributed by atoms with Gasteiger partial charge in [0.1, 0.15) is 5.76 Å². The molecule has 20 heavy (non-hydrogen) atoms. The minimum absolute atomic E-state index is 0.228. The monoisotopic (exact) mass is 291 g/mol. The van der Waals surface area contributed by atoms with Crippen LogP contribution in [0.15, 0.2) is 34.7 Å². The largest absolute Gasteiger partial charge is 0.454 e. The highest BCUT2D eigenvalue weighted by Gasteiger charge is 2.13. The van der Waals surface area contributed by atoms with E-state index in [0.717, 1.165) is 5.56 Å². The molecule has 1 amide bonds. The standard InChI is InChI=1S/C16H18ClNO2/c1-10-4-5-13(11(2)8-10)9-18-16(19)15-7-6-14(20-15)12(3)17/h4-8,12H,9H2,1-3H3,(H,18,19). The number of rotatable bonds is 4. The molecule has 1 heterocycles. The Labute approximate surface area is 123 Å². The molecule has 2 aromatic rings. The summed E-state index contributed by atoms with van der Waals surface area (Å²) in [6.07, 6.45) is 0. The second kappa shape index (κ2) is 6.14. The minimum atomic E-state index is -0.240. The Bertz CT molecular complexity index is 617. The highest BCUT2D eigenvalue weighted by Crippen LogP contribution is 2.21. The van der Waals surface area contributed by atoms with Crippen molar-refractivity contribution in [3.8, 4) is 0 Å². The predicted octanol–water partition coefficient (Wildman–Crippen LogP) is 4.13. The third kappa shape index (κ3) is 3.42. The predicted molar refractivity (Wildman–Crippen MR) is 80.1 cm³/mol. The van der Waals surface area contributed by atoms with E-state index < -0.39 is 0 Å². The molecule has 1 aromatic carbocycles. The molecule has 4 heteroatoms. The molecule has 2 rings (SSSR count). The van der Waals surface area contributed by atoms with Crippen LogP contribution in [0.25, 0.3) is 0 Å². The fourth-order valence-electron chi connectivity index (χ4n) is 2.00. The second-order valence-electron chi connectivity index (χ2n) is 4.93. The molecular weight excluding hydrogens is 274 g/mol. The lowest BCUT2D eigenvalue weighted by atomic mass is 10.1. The molecule has 0 aliphatic rings. The maximum atomic E-state index is 12.0. The van der Waals surface area contributed by atoms with Crippen LogP contribution in [0.4, 0.5) is 0 Å². The number of hydrogen-bond donors (Lipinski definition) is 1. The Morgan fingerprint density at radius 3 is 2.65 bits per heavy atom. The normalized spacial score (nSPS) is 12.2. The number of alkyl halides is 1. The lowest BCUT2D eigenvalue weighted by Gasteiger charge is -2.08. The van der Waals surface area contributed by atoms with Crippen LogP contribution < -0.4 is 5.32 Å². The number of aryl methyl sites for hydroxylation is 2. The number of nitrogens with one attached hydrogen (secondary N) is 1. The molecule has 1 aromatic heterocycles. The minimum Gasteiger partial charge on any atom is -0.454 e. The average Bonchev–Trinajstić information content (AvgIpc) is 2.87. The van der Waals surface area contributed by atoms with E-state index in [1.807, 2.05) is 26.0 Å². The summed E-state index contributed by atoms with van der Waals surface area (Å²) < 4.78 is 5.40. The van der Waals surface area contributed by atoms with Crippen molar-refractivity contribution in [1.82, 2.24) is 5.32 Å². The van der Waals surface area contributed by atoms with Crippen LogP contribution in [-0.2, 0) is 6.54 Å². The van der Waals surface area contributed by atoms with Gasteiger partial charge in [0.15, 0.2) is 5.76 Å². The highest BCUT2D eigenvalue weighted by atomic mass is 35.5. The molecule has 0 bridgehead atoms. The lowest BCUT2D eigenvalue weighted by molar-refractivity contribution is 0.0921. The van der Waals surface area contributed by atoms with E-state index in [4.69, 9.17) is 16.0 Å². The van der Waals surface area contributed by atoms with Gasteiger partial charge in [-0.25, -0.2) is 0 Å². The van der Waals surface area contributed by atoms with Crippen molar-refractivity contribution < 1.29 is 9.21 Å². The van der Waals surface area contributed by atoms with Gasteiger partial charge in [-0.1, -0.05) is 23.8 Å². The summed E-state index contributed by atoms with van der Waals surface area (Å²) in [5, 5.41) is 2.61. The van der Waals surface area contributed by atoms with Crippen molar-refractivity contribution in [2.45, 2.75) is 32.7 Å². The molecule has 0 fully saturated rings. The Morgan fingerprint density at radius 2 is 2.05 bits per heavy atom. The Balaban J connectivity index is 2.01. The molecule has 0 aliphatic carbocycles. The number of benzene rings is 1. The average molecular weight is 292 g/mol. The fourth-order valence-corrected chi connectivity index (χ4v) is 2.11. The summed E-state index contributed by atoms with van der Waals surface area (Å²) in [6.45, 7) is 6.37. The number of carbonyl (C=O) groups is 1. The van der Waals surface area contributed by atoms with E-state index in [-0.39, 0.29) is 17.0 Å². The Morgan fingerprint density at radius 1 is 1.30 bits per heavy atom. The zero-order valence-electron chi connectivity index (χ0n) is 11.9. The van der Waals surface area contributed by atoms with Crippen LogP contribution in [0.3, 0.4) is 0 Å². The quantitative estimate of drug-likeness (QED) is 0.861. The molecule has 106 valence electrons. The molecule has 0 spiro atoms. The topological polar surface area (TPSA) is 42.2 Å². The van der Waals surface area contributed by atoms with Crippen molar-refractivity contribution in [2.75, 3.05) is 0 Å². The van der Waals surface area contributed by atoms with Crippen LogP contribution in [-0.4, -0.2) is 5.91 Å². The summed E-state index contributed by atoms with van der Waals surface area (Å²) in [7, 11) is 0. The van der Waals surface area contributed by atoms with Crippen molar-refractivity contribution >= 4 is 17.5 Å². The lowest BCUT2D eigenvalue weighted by Crippen LogP contribution is -2.22. The third-order valence-electron chi connectivity index (χ3n) is 3.18. The number of amides is 1. The van der Waals surface area contributed by atoms with E-state index >= 15 is 0 Å². The molecule has 0 radical (unpaired) electrons. The van der Waals surface area contributed by atoms with Gasteiger partial charge in [-0.3, -0.25) is 4.79 Å². The van der Waals surface area contributed by atoms with Gasteiger partial charge in [-0.05, 0) is 44.0 Å². The first-order valence-electron chi connectivity index (χ1n) is 6.55. The van der Waals surface area contributed by atoms with E-state index in [1.165, 1.54) is 11.1 Å². The third-order valence-corrected chi connectivity index (χ3v) is 3.40. The van der Waals surface area contributed by atoms with Crippen LogP contribution in [0, 0.1) is 13.8 Å². The number of halogens is 1. The number of carbonyl (C=O) groups excluding carboxylic acids is 1. The zero-order chi connectivity index (χ0) is 14.7. The van der Waals surface area contributed by atoms with Gasteiger partial charge in [-0.15, -0.1) is 11.6 Å². The van der Waals surface area contributed by atoms with Crippen molar-refractivity contribution in [3.63, 3.8) is 0 Å². The van der Waals surface area contributed by atoms with Crippen LogP contribution in [0.2, 0.25) is 0 Å². The van der Waals surface area contributed by atoms with Crippen LogP contribution in [0.5, 0.6) is 0 Å². The van der Waals surface area contributed by atoms with Crippen molar-refractivity contribution in [3.05, 3.63) is 58.5 Å². The van der Waals surface area contributed by atoms with Gasteiger partial charge in [0.2, 0.25) is 0 Å². The van der Waals surface area contributed by atoms with Crippen LogP contribution >= 0.6 is 11.6 Å². The fraction of sp³-hybridized carbons (Fsp3) is 0.312. The molecule has 1 atom stereocenters. The van der Waals surface area contributed by atoms with E-state index in [9.17, 15) is 4.79 Å². The smallest absolute Gasteiger partial charge is 0.287 e. The first-order chi connectivity index (χ1) is 9.47. The molecular formula is C16H18ClNO2. The maximum absolute atomic E-state index is 12.0. The first-order valence-corrected chi connectivity index (χ1v) is 6.99. The van der Waals surface area contributed by atoms with Crippen molar-refractivity contribution in [1.29, 1.82) is 0 Å². The molecule has 0 aliphatic heterocycles. The SMILES string of the molecule is Cc1ccc(CNC(=O)c2ccc(C(C)Cl)o2)c(C)c1. The number of hydrogen-bond acceptors (Lipinski definition) is 2. The highest BCUT2D eigenvalue weighted by molar-refractivity contribution is 6.20.